The SMILES string of the molecule is C[C@@H](OC(=O)[C@@H](C)Oc1ccc(C#N)cc1)C(N)=O. The van der Waals surface area contributed by atoms with Crippen molar-refractivity contribution in [2.45, 2.75) is 26.1 Å². The molecular formula is C13H14N2O4. The van der Waals surface area contributed by atoms with Gasteiger partial charge in [-0.1, -0.05) is 0 Å². The molecule has 2 N–H and O–H groups in total. The lowest BCUT2D eigenvalue weighted by atomic mass is 10.2. The summed E-state index contributed by atoms with van der Waals surface area (Å²) in [5, 5.41) is 8.64. The molecule has 19 heavy (non-hydrogen) atoms. The van der Waals surface area contributed by atoms with Crippen molar-refractivity contribution in [1.29, 1.82) is 5.26 Å². The number of benzene rings is 1. The first-order valence-corrected chi connectivity index (χ1v) is 5.60. The Kier molecular flexibility index (Phi) is 4.89. The second-order valence-corrected chi connectivity index (χ2v) is 3.88. The second-order valence-electron chi connectivity index (χ2n) is 3.88. The average molecular weight is 262 g/mol. The molecule has 0 aliphatic heterocycles. The van der Waals surface area contributed by atoms with Crippen LogP contribution in [0.1, 0.15) is 19.4 Å². The van der Waals surface area contributed by atoms with Crippen LogP contribution >= 0.6 is 0 Å². The summed E-state index contributed by atoms with van der Waals surface area (Å²) >= 11 is 0. The smallest absolute Gasteiger partial charge is 0.347 e. The Morgan fingerprint density at radius 2 is 1.79 bits per heavy atom. The molecule has 1 rings (SSSR count). The highest BCUT2D eigenvalue weighted by molar-refractivity contribution is 5.83. The summed E-state index contributed by atoms with van der Waals surface area (Å²) < 4.78 is 10.1. The number of amides is 1. The van der Waals surface area contributed by atoms with Crippen LogP contribution in [0.25, 0.3) is 0 Å². The van der Waals surface area contributed by atoms with Crippen LogP contribution in [-0.2, 0) is 14.3 Å². The molecule has 0 bridgehead atoms. The van der Waals surface area contributed by atoms with Crippen molar-refractivity contribution < 1.29 is 19.1 Å². The van der Waals surface area contributed by atoms with Crippen molar-refractivity contribution in [2.24, 2.45) is 5.73 Å². The van der Waals surface area contributed by atoms with Crippen LogP contribution in [0.3, 0.4) is 0 Å². The molecule has 0 heterocycles. The molecule has 0 aliphatic carbocycles. The van der Waals surface area contributed by atoms with E-state index in [1.54, 1.807) is 24.3 Å². The Balaban J connectivity index is 2.58. The molecule has 0 spiro atoms. The Morgan fingerprint density at radius 1 is 1.21 bits per heavy atom. The predicted octanol–water partition coefficient (Wildman–Crippen LogP) is 0.743. The number of nitrogens with two attached hydrogens (primary N) is 1. The van der Waals surface area contributed by atoms with Crippen molar-refractivity contribution in [1.82, 2.24) is 0 Å². The third-order valence-corrected chi connectivity index (χ3v) is 2.32. The summed E-state index contributed by atoms with van der Waals surface area (Å²) in [6, 6.07) is 8.25. The quantitative estimate of drug-likeness (QED) is 0.788. The molecule has 0 aliphatic rings. The van der Waals surface area contributed by atoms with Crippen LogP contribution in [0.2, 0.25) is 0 Å². The number of primary amides is 1. The minimum atomic E-state index is -1.00. The molecule has 100 valence electrons. The number of hydrogen-bond donors (Lipinski definition) is 1. The lowest BCUT2D eigenvalue weighted by molar-refractivity contribution is -0.159. The highest BCUT2D eigenvalue weighted by Crippen LogP contribution is 2.14. The summed E-state index contributed by atoms with van der Waals surface area (Å²) in [7, 11) is 0. The molecule has 1 amide bonds. The van der Waals surface area contributed by atoms with E-state index in [9.17, 15) is 9.59 Å². The normalized spacial score (nSPS) is 12.9. The number of hydrogen-bond acceptors (Lipinski definition) is 5. The Bertz CT molecular complexity index is 504. The molecule has 2 atom stereocenters. The second kappa shape index (κ2) is 6.40. The molecule has 0 fully saturated rings. The van der Waals surface area contributed by atoms with E-state index in [1.807, 2.05) is 6.07 Å². The molecular weight excluding hydrogens is 248 g/mol. The van der Waals surface area contributed by atoms with Crippen molar-refractivity contribution in [3.8, 4) is 11.8 Å². The summed E-state index contributed by atoms with van der Waals surface area (Å²) in [5.74, 6) is -0.982. The first-order chi connectivity index (χ1) is 8.93. The third kappa shape index (κ3) is 4.32. The maximum atomic E-state index is 11.6. The van der Waals surface area contributed by atoms with Crippen molar-refractivity contribution in [3.05, 3.63) is 29.8 Å². The highest BCUT2D eigenvalue weighted by atomic mass is 16.6. The van der Waals surface area contributed by atoms with Gasteiger partial charge in [-0.3, -0.25) is 4.79 Å². The van der Waals surface area contributed by atoms with Gasteiger partial charge in [0.2, 0.25) is 0 Å². The van der Waals surface area contributed by atoms with E-state index in [2.05, 4.69) is 0 Å². The number of ether oxygens (including phenoxy) is 2. The van der Waals surface area contributed by atoms with Gasteiger partial charge in [0.15, 0.2) is 12.2 Å². The first kappa shape index (κ1) is 14.5. The van der Waals surface area contributed by atoms with E-state index in [0.717, 1.165) is 0 Å². The molecule has 1 aromatic rings. The van der Waals surface area contributed by atoms with Gasteiger partial charge in [0, 0.05) is 0 Å². The Hall–Kier alpha value is -2.55. The van der Waals surface area contributed by atoms with E-state index in [4.69, 9.17) is 20.5 Å². The monoisotopic (exact) mass is 262 g/mol. The maximum Gasteiger partial charge on any atom is 0.347 e. The molecule has 0 aromatic heterocycles. The largest absolute Gasteiger partial charge is 0.479 e. The van der Waals surface area contributed by atoms with E-state index in [0.29, 0.717) is 11.3 Å². The van der Waals surface area contributed by atoms with Gasteiger partial charge >= 0.3 is 5.97 Å². The molecule has 1 aromatic carbocycles. The van der Waals surface area contributed by atoms with Gasteiger partial charge in [0.1, 0.15) is 5.75 Å². The summed E-state index contributed by atoms with van der Waals surface area (Å²) in [4.78, 5) is 22.3. The lowest BCUT2D eigenvalue weighted by Crippen LogP contribution is -2.35. The van der Waals surface area contributed by atoms with Gasteiger partial charge in [-0.15, -0.1) is 0 Å². The third-order valence-electron chi connectivity index (χ3n) is 2.32. The van der Waals surface area contributed by atoms with Gasteiger partial charge in [-0.05, 0) is 38.1 Å². The fourth-order valence-corrected chi connectivity index (χ4v) is 1.19. The van der Waals surface area contributed by atoms with Gasteiger partial charge in [-0.2, -0.15) is 5.26 Å². The summed E-state index contributed by atoms with van der Waals surface area (Å²) in [6.07, 6.45) is -1.88. The van der Waals surface area contributed by atoms with Crippen molar-refractivity contribution >= 4 is 11.9 Å². The number of rotatable bonds is 5. The fraction of sp³-hybridized carbons (Fsp3) is 0.308. The zero-order valence-corrected chi connectivity index (χ0v) is 10.6. The molecule has 0 unspecified atom stereocenters. The highest BCUT2D eigenvalue weighted by Gasteiger charge is 2.21. The molecule has 0 saturated heterocycles. The number of carbonyl (C=O) groups is 2. The molecule has 0 saturated carbocycles. The van der Waals surface area contributed by atoms with Crippen LogP contribution in [0.4, 0.5) is 0 Å². The van der Waals surface area contributed by atoms with Gasteiger partial charge in [0.25, 0.3) is 5.91 Å². The summed E-state index contributed by atoms with van der Waals surface area (Å²) in [5.41, 5.74) is 5.47. The minimum Gasteiger partial charge on any atom is -0.479 e. The van der Waals surface area contributed by atoms with Gasteiger partial charge in [-0.25, -0.2) is 4.79 Å². The van der Waals surface area contributed by atoms with Gasteiger partial charge in [0.05, 0.1) is 11.6 Å². The average Bonchev–Trinajstić information content (AvgIpc) is 2.39. The van der Waals surface area contributed by atoms with Gasteiger partial charge < -0.3 is 15.2 Å². The van der Waals surface area contributed by atoms with Crippen molar-refractivity contribution in [3.63, 3.8) is 0 Å². The minimum absolute atomic E-state index is 0.426. The molecule has 6 heteroatoms. The number of nitriles is 1. The van der Waals surface area contributed by atoms with Crippen molar-refractivity contribution in [2.75, 3.05) is 0 Å². The number of esters is 1. The Morgan fingerprint density at radius 3 is 2.26 bits per heavy atom. The topological polar surface area (TPSA) is 102 Å². The number of nitrogens with zero attached hydrogens (tertiary/aromatic N) is 1. The fourth-order valence-electron chi connectivity index (χ4n) is 1.19. The van der Waals surface area contributed by atoms with E-state index in [1.165, 1.54) is 13.8 Å². The molecule has 0 radical (unpaired) electrons. The van der Waals surface area contributed by atoms with Crippen LogP contribution in [0.5, 0.6) is 5.75 Å². The predicted molar refractivity (Wildman–Crippen MR) is 66.0 cm³/mol. The van der Waals surface area contributed by atoms with Crippen LogP contribution < -0.4 is 10.5 Å². The van der Waals surface area contributed by atoms with Crippen LogP contribution in [0.15, 0.2) is 24.3 Å². The standard InChI is InChI=1S/C13H14N2O4/c1-8(12(15)16)19-13(17)9(2)18-11-5-3-10(7-14)4-6-11/h3-6,8-9H,1-2H3,(H2,15,16)/t8-,9-/m1/s1. The summed E-state index contributed by atoms with van der Waals surface area (Å²) in [6.45, 7) is 2.88. The number of carbonyl (C=O) groups excluding carboxylic acids is 2. The Labute approximate surface area is 110 Å². The van der Waals surface area contributed by atoms with E-state index in [-0.39, 0.29) is 0 Å². The first-order valence-electron chi connectivity index (χ1n) is 5.60. The zero-order chi connectivity index (χ0) is 14.4. The lowest BCUT2D eigenvalue weighted by Gasteiger charge is -2.16. The van der Waals surface area contributed by atoms with E-state index < -0.39 is 24.1 Å². The van der Waals surface area contributed by atoms with Crippen LogP contribution in [0, 0.1) is 11.3 Å². The van der Waals surface area contributed by atoms with E-state index >= 15 is 0 Å². The maximum absolute atomic E-state index is 11.6. The zero-order valence-electron chi connectivity index (χ0n) is 10.6. The molecule has 6 nitrogen and oxygen atoms in total. The van der Waals surface area contributed by atoms with Crippen LogP contribution in [-0.4, -0.2) is 24.1 Å².